The molecule has 1 heterocycles. The SMILES string of the molecule is CO[C@H]1O[C@H](COS(=O)(=O)OCC(Cl)(Cl)Cl)[C@@H](O)[C@H](OS(=O)(=O)OCC(Cl)(Cl)Cl)[C@H]1OS(=O)(=O)OCC(Cl)(Cl)Cl. The topological polar surface area (TPSA) is 196 Å². The van der Waals surface area contributed by atoms with Gasteiger partial charge in [-0.3, -0.25) is 0 Å². The Balaban J connectivity index is 3.27. The van der Waals surface area contributed by atoms with E-state index in [0.29, 0.717) is 0 Å². The van der Waals surface area contributed by atoms with Crippen molar-refractivity contribution >= 4 is 136 Å². The highest BCUT2D eigenvalue weighted by Gasteiger charge is 2.52. The summed E-state index contributed by atoms with van der Waals surface area (Å²) >= 11 is 48.8. The predicted octanol–water partition coefficient (Wildman–Crippen LogP) is 2.40. The lowest BCUT2D eigenvalue weighted by Crippen LogP contribution is -2.62. The molecule has 1 rings (SSSR count). The Morgan fingerprint density at radius 2 is 1.02 bits per heavy atom. The molecule has 0 amide bonds. The van der Waals surface area contributed by atoms with Gasteiger partial charge in [0.1, 0.15) is 38.1 Å². The van der Waals surface area contributed by atoms with Crippen molar-refractivity contribution in [1.29, 1.82) is 0 Å². The number of methoxy groups -OCH3 is 1. The Hall–Kier alpha value is 2.10. The zero-order valence-corrected chi connectivity index (χ0v) is 28.3. The first-order chi connectivity index (χ1) is 17.7. The van der Waals surface area contributed by atoms with Gasteiger partial charge in [0.15, 0.2) is 12.4 Å². The van der Waals surface area contributed by atoms with E-state index in [-0.39, 0.29) is 0 Å². The molecule has 0 saturated carbocycles. The Kier molecular flexibility index (Phi) is 15.6. The third kappa shape index (κ3) is 16.4. The van der Waals surface area contributed by atoms with E-state index in [4.69, 9.17) is 122 Å². The number of rotatable bonds is 14. The smallest absolute Gasteiger partial charge is 0.387 e. The average molecular weight is 829 g/mol. The van der Waals surface area contributed by atoms with Crippen molar-refractivity contribution < 1.29 is 64.9 Å². The van der Waals surface area contributed by atoms with Crippen molar-refractivity contribution in [3.63, 3.8) is 0 Å². The van der Waals surface area contributed by atoms with Gasteiger partial charge < -0.3 is 14.6 Å². The summed E-state index contributed by atoms with van der Waals surface area (Å²) in [5.41, 5.74) is 0. The zero-order valence-electron chi connectivity index (χ0n) is 19.0. The fourth-order valence-corrected chi connectivity index (χ4v) is 5.84. The van der Waals surface area contributed by atoms with Crippen LogP contribution in [0.15, 0.2) is 0 Å². The van der Waals surface area contributed by atoms with Crippen LogP contribution in [0.3, 0.4) is 0 Å². The first-order valence-corrected chi connectivity index (χ1v) is 16.9. The van der Waals surface area contributed by atoms with E-state index in [1.54, 1.807) is 0 Å². The van der Waals surface area contributed by atoms with Gasteiger partial charge in [0.2, 0.25) is 11.4 Å². The molecule has 0 bridgehead atoms. The second kappa shape index (κ2) is 15.6. The quantitative estimate of drug-likeness (QED) is 0.251. The highest BCUT2D eigenvalue weighted by molar-refractivity contribution is 7.82. The third-order valence-electron chi connectivity index (χ3n) is 3.79. The van der Waals surface area contributed by atoms with E-state index < -0.39 is 99.7 Å². The minimum Gasteiger partial charge on any atom is -0.387 e. The molecule has 1 saturated heterocycles. The second-order valence-electron chi connectivity index (χ2n) is 7.03. The van der Waals surface area contributed by atoms with E-state index in [2.05, 4.69) is 16.7 Å². The number of alkyl halides is 9. The molecule has 1 aliphatic heterocycles. The van der Waals surface area contributed by atoms with E-state index in [1.165, 1.54) is 0 Å². The molecule has 0 aromatic heterocycles. The predicted molar refractivity (Wildman–Crippen MR) is 143 cm³/mol. The first-order valence-electron chi connectivity index (χ1n) is 9.50. The van der Waals surface area contributed by atoms with Crippen LogP contribution in [-0.4, -0.2) is 106 Å². The van der Waals surface area contributed by atoms with Crippen LogP contribution in [0, 0.1) is 0 Å². The molecule has 0 aromatic rings. The summed E-state index contributed by atoms with van der Waals surface area (Å²) in [5.74, 6) is 0. The molecule has 0 unspecified atom stereocenters. The molecule has 1 fully saturated rings. The number of aliphatic hydroxyl groups excluding tert-OH is 1. The van der Waals surface area contributed by atoms with Crippen LogP contribution in [0.2, 0.25) is 0 Å². The fourth-order valence-electron chi connectivity index (χ4n) is 2.36. The molecule has 1 aliphatic rings. The molecule has 40 heavy (non-hydrogen) atoms. The van der Waals surface area contributed by atoms with Crippen LogP contribution >= 0.6 is 104 Å². The fraction of sp³-hybridized carbons (Fsp3) is 1.00. The highest BCUT2D eigenvalue weighted by atomic mass is 35.6. The van der Waals surface area contributed by atoms with Crippen molar-refractivity contribution in [3.8, 4) is 0 Å². The summed E-state index contributed by atoms with van der Waals surface area (Å²) in [7, 11) is -14.4. The maximum atomic E-state index is 12.4. The van der Waals surface area contributed by atoms with Gasteiger partial charge in [0.25, 0.3) is 0 Å². The molecular weight excluding hydrogens is 811 g/mol. The van der Waals surface area contributed by atoms with Gasteiger partial charge in [-0.1, -0.05) is 104 Å². The first kappa shape index (κ1) is 40.1. The molecule has 0 radical (unpaired) electrons. The Morgan fingerprint density at radius 1 is 0.650 bits per heavy atom. The molecule has 0 aromatic carbocycles. The molecular formula is C13H17Cl9O15S3. The lowest BCUT2D eigenvalue weighted by molar-refractivity contribution is -0.283. The standard InChI is InChI=1S/C13H17Cl9O15S3/c1-30-10-9(37-40(28,29)34-5-13(20,21)22)8(36-39(26,27)33-4-12(17,18)19)7(23)6(35-10)2-31-38(24,25)32-3-11(14,15)16/h6-10,23H,2-5H2,1H3/t6-,7-,8+,9-,10+/m1/s1. The van der Waals surface area contributed by atoms with Crippen LogP contribution in [0.4, 0.5) is 0 Å². The second-order valence-corrected chi connectivity index (χ2v) is 18.4. The minimum atomic E-state index is -5.23. The number of ether oxygens (including phenoxy) is 2. The average Bonchev–Trinajstić information content (AvgIpc) is 2.76. The Labute approximate surface area is 274 Å². The van der Waals surface area contributed by atoms with Crippen molar-refractivity contribution in [2.45, 2.75) is 42.1 Å². The molecule has 0 spiro atoms. The number of hydrogen-bond acceptors (Lipinski definition) is 15. The summed E-state index contributed by atoms with van der Waals surface area (Å²) < 4.78 is 104. The van der Waals surface area contributed by atoms with Crippen LogP contribution in [0.1, 0.15) is 0 Å². The molecule has 27 heteroatoms. The van der Waals surface area contributed by atoms with Crippen LogP contribution in [0.25, 0.3) is 0 Å². The van der Waals surface area contributed by atoms with Crippen LogP contribution < -0.4 is 0 Å². The number of hydrogen-bond donors (Lipinski definition) is 1. The van der Waals surface area contributed by atoms with E-state index >= 15 is 0 Å². The van der Waals surface area contributed by atoms with Gasteiger partial charge in [-0.15, -0.1) is 0 Å². The van der Waals surface area contributed by atoms with Gasteiger partial charge in [-0.2, -0.15) is 25.3 Å². The number of aliphatic hydroxyl groups is 1. The van der Waals surface area contributed by atoms with E-state index in [1.807, 2.05) is 0 Å². The molecule has 240 valence electrons. The number of halogens is 9. The van der Waals surface area contributed by atoms with Crippen LogP contribution in [0.5, 0.6) is 0 Å². The van der Waals surface area contributed by atoms with Crippen molar-refractivity contribution in [2.75, 3.05) is 33.5 Å². The molecule has 0 aliphatic carbocycles. The minimum absolute atomic E-state index is 0.914. The Bertz CT molecular complexity index is 1130. The Morgan fingerprint density at radius 3 is 1.40 bits per heavy atom. The largest absolute Gasteiger partial charge is 0.400 e. The van der Waals surface area contributed by atoms with Gasteiger partial charge in [-0.05, 0) is 0 Å². The van der Waals surface area contributed by atoms with Gasteiger partial charge in [0.05, 0.1) is 6.61 Å². The molecule has 15 nitrogen and oxygen atoms in total. The van der Waals surface area contributed by atoms with E-state index in [9.17, 15) is 30.4 Å². The lowest BCUT2D eigenvalue weighted by atomic mass is 9.99. The summed E-state index contributed by atoms with van der Waals surface area (Å²) in [4.78, 5) is 0. The summed E-state index contributed by atoms with van der Waals surface area (Å²) in [6.07, 6.45) is -10.6. The van der Waals surface area contributed by atoms with Crippen molar-refractivity contribution in [1.82, 2.24) is 0 Å². The van der Waals surface area contributed by atoms with Crippen molar-refractivity contribution in [3.05, 3.63) is 0 Å². The van der Waals surface area contributed by atoms with Crippen molar-refractivity contribution in [2.24, 2.45) is 0 Å². The maximum absolute atomic E-state index is 12.4. The van der Waals surface area contributed by atoms with Gasteiger partial charge >= 0.3 is 31.2 Å². The summed E-state index contributed by atoms with van der Waals surface area (Å²) in [6.45, 7) is -4.29. The molecule has 1 N–H and O–H groups in total. The molecule has 5 atom stereocenters. The maximum Gasteiger partial charge on any atom is 0.400 e. The summed E-state index contributed by atoms with van der Waals surface area (Å²) in [6, 6.07) is 0. The van der Waals surface area contributed by atoms with Crippen LogP contribution in [-0.2, 0) is 65.8 Å². The highest BCUT2D eigenvalue weighted by Crippen LogP contribution is 2.33. The monoisotopic (exact) mass is 824 g/mol. The van der Waals surface area contributed by atoms with Gasteiger partial charge in [0, 0.05) is 7.11 Å². The van der Waals surface area contributed by atoms with E-state index in [0.717, 1.165) is 7.11 Å². The zero-order chi connectivity index (χ0) is 31.4. The summed E-state index contributed by atoms with van der Waals surface area (Å²) in [5, 5.41) is 10.8. The van der Waals surface area contributed by atoms with Gasteiger partial charge in [-0.25, -0.2) is 25.1 Å². The normalized spacial score (nSPS) is 25.7. The third-order valence-corrected chi connectivity index (χ3v) is 7.33. The lowest BCUT2D eigenvalue weighted by Gasteiger charge is -2.42.